The van der Waals surface area contributed by atoms with E-state index in [0.717, 1.165) is 23.6 Å². The van der Waals surface area contributed by atoms with E-state index in [4.69, 9.17) is 9.47 Å². The molecule has 0 radical (unpaired) electrons. The van der Waals surface area contributed by atoms with E-state index in [1.165, 1.54) is 0 Å². The molecule has 1 aromatic rings. The van der Waals surface area contributed by atoms with Crippen molar-refractivity contribution in [1.82, 2.24) is 9.97 Å². The van der Waals surface area contributed by atoms with Gasteiger partial charge in [0.05, 0.1) is 17.8 Å². The number of nitrogens with zero attached hydrogens (tertiary/aromatic N) is 2. The van der Waals surface area contributed by atoms with E-state index < -0.39 is 0 Å². The molecule has 1 rings (SSSR count). The van der Waals surface area contributed by atoms with Gasteiger partial charge in [-0.2, -0.15) is 4.98 Å². The van der Waals surface area contributed by atoms with Crippen LogP contribution in [0.4, 0.5) is 5.82 Å². The Morgan fingerprint density at radius 1 is 1.10 bits per heavy atom. The number of hydrogen-bond donors (Lipinski definition) is 1. The van der Waals surface area contributed by atoms with Crippen LogP contribution in [0.1, 0.15) is 52.4 Å². The average molecular weight is 295 g/mol. The monoisotopic (exact) mass is 295 g/mol. The second-order valence-corrected chi connectivity index (χ2v) is 6.89. The Balaban J connectivity index is 2.95. The van der Waals surface area contributed by atoms with Gasteiger partial charge in [-0.1, -0.05) is 20.8 Å². The lowest BCUT2D eigenvalue weighted by atomic mass is 9.95. The zero-order valence-corrected chi connectivity index (χ0v) is 14.6. The number of anilines is 1. The Bertz CT molecular complexity index is 479. The summed E-state index contributed by atoms with van der Waals surface area (Å²) in [5.74, 6) is 2.24. The minimum atomic E-state index is -0.195. The van der Waals surface area contributed by atoms with Gasteiger partial charge in [0, 0.05) is 26.0 Å². The van der Waals surface area contributed by atoms with Crippen molar-refractivity contribution in [2.75, 3.05) is 26.1 Å². The molecule has 0 aliphatic heterocycles. The van der Waals surface area contributed by atoms with Crippen LogP contribution < -0.4 is 10.1 Å². The number of ether oxygens (including phenoxy) is 2. The summed E-state index contributed by atoms with van der Waals surface area (Å²) in [5, 5.41) is 3.11. The zero-order valence-electron chi connectivity index (χ0n) is 14.6. The van der Waals surface area contributed by atoms with Gasteiger partial charge < -0.3 is 14.8 Å². The second-order valence-electron chi connectivity index (χ2n) is 6.89. The van der Waals surface area contributed by atoms with Crippen LogP contribution in [0.3, 0.4) is 0 Å². The highest BCUT2D eigenvalue weighted by atomic mass is 16.5. The predicted octanol–water partition coefficient (Wildman–Crippen LogP) is 3.32. The molecular weight excluding hydrogens is 266 g/mol. The van der Waals surface area contributed by atoms with Gasteiger partial charge in [-0.25, -0.2) is 4.98 Å². The van der Waals surface area contributed by atoms with Crippen molar-refractivity contribution in [3.63, 3.8) is 0 Å². The second kappa shape index (κ2) is 6.60. The third-order valence-electron chi connectivity index (χ3n) is 3.50. The summed E-state index contributed by atoms with van der Waals surface area (Å²) in [6.45, 7) is 12.9. The highest BCUT2D eigenvalue weighted by molar-refractivity contribution is 5.48. The Hall–Kier alpha value is -1.36. The molecule has 0 amide bonds. The molecule has 0 fully saturated rings. The van der Waals surface area contributed by atoms with E-state index in [2.05, 4.69) is 36.1 Å². The van der Waals surface area contributed by atoms with Crippen molar-refractivity contribution in [2.45, 2.75) is 59.0 Å². The van der Waals surface area contributed by atoms with Crippen LogP contribution in [0.25, 0.3) is 0 Å². The topological polar surface area (TPSA) is 56.3 Å². The molecule has 0 saturated heterocycles. The van der Waals surface area contributed by atoms with Gasteiger partial charge in [-0.15, -0.1) is 0 Å². The van der Waals surface area contributed by atoms with E-state index in [1.807, 2.05) is 27.8 Å². The largest absolute Gasteiger partial charge is 0.477 e. The molecule has 0 aliphatic rings. The molecule has 21 heavy (non-hydrogen) atoms. The first-order chi connectivity index (χ1) is 9.60. The van der Waals surface area contributed by atoms with Crippen molar-refractivity contribution < 1.29 is 9.47 Å². The van der Waals surface area contributed by atoms with Gasteiger partial charge in [-0.05, 0) is 20.8 Å². The SMILES string of the molecule is CNc1nc(C(C)(C)C)nc(OCCC(C)(C)OC)c1C. The number of rotatable bonds is 6. The standard InChI is InChI=1S/C16H29N3O2/c1-11-12(17-7)18-14(15(2,3)4)19-13(11)21-10-9-16(5,6)20-8/h9-10H2,1-8H3,(H,17,18,19). The van der Waals surface area contributed by atoms with Crippen LogP contribution in [-0.2, 0) is 10.2 Å². The van der Waals surface area contributed by atoms with Crippen molar-refractivity contribution in [3.8, 4) is 5.88 Å². The molecule has 0 aliphatic carbocycles. The molecule has 1 aromatic heterocycles. The maximum absolute atomic E-state index is 5.88. The smallest absolute Gasteiger partial charge is 0.221 e. The quantitative estimate of drug-likeness (QED) is 0.872. The first-order valence-corrected chi connectivity index (χ1v) is 7.35. The van der Waals surface area contributed by atoms with E-state index in [1.54, 1.807) is 7.11 Å². The molecule has 0 aromatic carbocycles. The van der Waals surface area contributed by atoms with Gasteiger partial charge in [0.1, 0.15) is 11.6 Å². The van der Waals surface area contributed by atoms with Crippen molar-refractivity contribution in [2.24, 2.45) is 0 Å². The highest BCUT2D eigenvalue weighted by Gasteiger charge is 2.22. The normalized spacial score (nSPS) is 12.4. The summed E-state index contributed by atoms with van der Waals surface area (Å²) >= 11 is 0. The van der Waals surface area contributed by atoms with Gasteiger partial charge in [0.2, 0.25) is 5.88 Å². The van der Waals surface area contributed by atoms with Gasteiger partial charge >= 0.3 is 0 Å². The molecule has 0 atom stereocenters. The van der Waals surface area contributed by atoms with E-state index >= 15 is 0 Å². The van der Waals surface area contributed by atoms with Crippen LogP contribution in [0.15, 0.2) is 0 Å². The summed E-state index contributed by atoms with van der Waals surface area (Å²) in [5.41, 5.74) is 0.615. The van der Waals surface area contributed by atoms with Gasteiger partial charge in [0.25, 0.3) is 0 Å². The Kier molecular flexibility index (Phi) is 5.56. The van der Waals surface area contributed by atoms with Crippen LogP contribution in [0.5, 0.6) is 5.88 Å². The lowest BCUT2D eigenvalue weighted by molar-refractivity contribution is 0.00498. The first-order valence-electron chi connectivity index (χ1n) is 7.35. The lowest BCUT2D eigenvalue weighted by Crippen LogP contribution is -2.25. The molecule has 0 unspecified atom stereocenters. The number of methoxy groups -OCH3 is 1. The molecular formula is C16H29N3O2. The minimum absolute atomic E-state index is 0.122. The molecule has 0 bridgehead atoms. The van der Waals surface area contributed by atoms with Crippen molar-refractivity contribution >= 4 is 5.82 Å². The van der Waals surface area contributed by atoms with Crippen LogP contribution in [0.2, 0.25) is 0 Å². The highest BCUT2D eigenvalue weighted by Crippen LogP contribution is 2.27. The molecule has 5 heteroatoms. The van der Waals surface area contributed by atoms with E-state index in [0.29, 0.717) is 12.5 Å². The zero-order chi connectivity index (χ0) is 16.3. The fourth-order valence-corrected chi connectivity index (χ4v) is 1.71. The number of hydrogen-bond acceptors (Lipinski definition) is 5. The minimum Gasteiger partial charge on any atom is -0.477 e. The first kappa shape index (κ1) is 17.7. The molecule has 0 saturated carbocycles. The summed E-state index contributed by atoms with van der Waals surface area (Å²) < 4.78 is 11.3. The summed E-state index contributed by atoms with van der Waals surface area (Å²) in [6.07, 6.45) is 0.798. The van der Waals surface area contributed by atoms with E-state index in [9.17, 15) is 0 Å². The average Bonchev–Trinajstić information content (AvgIpc) is 2.39. The Labute approximate surface area is 128 Å². The van der Waals surface area contributed by atoms with Gasteiger partial charge in [0.15, 0.2) is 0 Å². The summed E-state index contributed by atoms with van der Waals surface area (Å²) in [4.78, 5) is 9.15. The molecule has 1 heterocycles. The Morgan fingerprint density at radius 2 is 1.71 bits per heavy atom. The maximum atomic E-state index is 5.88. The van der Waals surface area contributed by atoms with Crippen LogP contribution in [-0.4, -0.2) is 36.3 Å². The lowest BCUT2D eigenvalue weighted by Gasteiger charge is -2.24. The number of nitrogens with one attached hydrogen (secondary N) is 1. The molecule has 1 N–H and O–H groups in total. The molecule has 5 nitrogen and oxygen atoms in total. The van der Waals surface area contributed by atoms with Crippen LogP contribution >= 0.6 is 0 Å². The molecule has 0 spiro atoms. The third-order valence-corrected chi connectivity index (χ3v) is 3.50. The fraction of sp³-hybridized carbons (Fsp3) is 0.750. The van der Waals surface area contributed by atoms with E-state index in [-0.39, 0.29) is 11.0 Å². The maximum Gasteiger partial charge on any atom is 0.221 e. The van der Waals surface area contributed by atoms with Crippen molar-refractivity contribution in [1.29, 1.82) is 0 Å². The number of aromatic nitrogens is 2. The Morgan fingerprint density at radius 3 is 2.19 bits per heavy atom. The predicted molar refractivity (Wildman–Crippen MR) is 86.2 cm³/mol. The fourth-order valence-electron chi connectivity index (χ4n) is 1.71. The van der Waals surface area contributed by atoms with Gasteiger partial charge in [-0.3, -0.25) is 0 Å². The van der Waals surface area contributed by atoms with Crippen molar-refractivity contribution in [3.05, 3.63) is 11.4 Å². The summed E-state index contributed by atoms with van der Waals surface area (Å²) in [7, 11) is 3.58. The van der Waals surface area contributed by atoms with Crippen LogP contribution in [0, 0.1) is 6.92 Å². The third kappa shape index (κ3) is 4.84. The summed E-state index contributed by atoms with van der Waals surface area (Å²) in [6, 6.07) is 0. The molecule has 120 valence electrons.